The van der Waals surface area contributed by atoms with Crippen LogP contribution < -0.4 is 5.73 Å². The van der Waals surface area contributed by atoms with Gasteiger partial charge in [-0.25, -0.2) is 9.07 Å². The number of aromatic nitrogens is 4. The summed E-state index contributed by atoms with van der Waals surface area (Å²) in [5, 5.41) is 10.7. The van der Waals surface area contributed by atoms with Crippen molar-refractivity contribution in [1.82, 2.24) is 25.1 Å². The minimum atomic E-state index is -0.308. The van der Waals surface area contributed by atoms with E-state index >= 15 is 0 Å². The third-order valence-electron chi connectivity index (χ3n) is 3.93. The SMILES string of the molecule is Nc1nnnn1CC(=O)N(Cc1ccc(F)cc1)C[C@@H]1CCCO1. The molecular weight excluding hydrogens is 315 g/mol. The topological polar surface area (TPSA) is 99.2 Å². The Bertz CT molecular complexity index is 684. The zero-order chi connectivity index (χ0) is 16.9. The monoisotopic (exact) mass is 334 g/mol. The normalized spacial score (nSPS) is 17.1. The number of nitrogen functional groups attached to an aromatic ring is 1. The third kappa shape index (κ3) is 4.05. The first-order chi connectivity index (χ1) is 11.6. The second-order valence-electron chi connectivity index (χ2n) is 5.73. The van der Waals surface area contributed by atoms with Gasteiger partial charge in [0.25, 0.3) is 0 Å². The van der Waals surface area contributed by atoms with Crippen molar-refractivity contribution in [1.29, 1.82) is 0 Å². The molecule has 0 saturated carbocycles. The average Bonchev–Trinajstić information content (AvgIpc) is 3.21. The second-order valence-corrected chi connectivity index (χ2v) is 5.73. The van der Waals surface area contributed by atoms with Crippen LogP contribution in [0.25, 0.3) is 0 Å². The fourth-order valence-corrected chi connectivity index (χ4v) is 2.65. The first-order valence-corrected chi connectivity index (χ1v) is 7.77. The lowest BCUT2D eigenvalue weighted by Crippen LogP contribution is -2.39. The highest BCUT2D eigenvalue weighted by atomic mass is 19.1. The number of tetrazole rings is 1. The predicted octanol–water partition coefficient (Wildman–Crippen LogP) is 0.602. The molecule has 0 aliphatic carbocycles. The molecule has 1 fully saturated rings. The van der Waals surface area contributed by atoms with Gasteiger partial charge in [-0.05, 0) is 41.0 Å². The molecule has 24 heavy (non-hydrogen) atoms. The fraction of sp³-hybridized carbons (Fsp3) is 0.467. The largest absolute Gasteiger partial charge is 0.376 e. The summed E-state index contributed by atoms with van der Waals surface area (Å²) in [5.41, 5.74) is 6.45. The Morgan fingerprint density at radius 2 is 2.21 bits per heavy atom. The van der Waals surface area contributed by atoms with Gasteiger partial charge in [-0.1, -0.05) is 17.2 Å². The molecule has 2 aromatic rings. The van der Waals surface area contributed by atoms with Crippen molar-refractivity contribution in [2.24, 2.45) is 0 Å². The van der Waals surface area contributed by atoms with Crippen LogP contribution in [0.1, 0.15) is 18.4 Å². The fourth-order valence-electron chi connectivity index (χ4n) is 2.65. The highest BCUT2D eigenvalue weighted by Gasteiger charge is 2.23. The Morgan fingerprint density at radius 3 is 2.83 bits per heavy atom. The molecular formula is C15H19FN6O2. The standard InChI is InChI=1S/C15H19FN6O2/c16-12-5-3-11(4-6-12)8-21(9-13-2-1-7-24-13)14(23)10-22-15(17)18-19-20-22/h3-6,13H,1-2,7-10H2,(H2,17,18,20)/t13-/m0/s1. The van der Waals surface area contributed by atoms with Gasteiger partial charge in [0, 0.05) is 19.7 Å². The molecule has 0 bridgehead atoms. The smallest absolute Gasteiger partial charge is 0.244 e. The summed E-state index contributed by atoms with van der Waals surface area (Å²) in [6.45, 7) is 1.50. The van der Waals surface area contributed by atoms with Gasteiger partial charge in [-0.2, -0.15) is 0 Å². The van der Waals surface area contributed by atoms with Crippen molar-refractivity contribution >= 4 is 11.9 Å². The molecule has 2 N–H and O–H groups in total. The number of anilines is 1. The number of hydrogen-bond donors (Lipinski definition) is 1. The maximum absolute atomic E-state index is 13.1. The van der Waals surface area contributed by atoms with Crippen LogP contribution in [0, 0.1) is 5.82 Å². The molecule has 1 aromatic carbocycles. The van der Waals surface area contributed by atoms with Crippen molar-refractivity contribution in [2.45, 2.75) is 32.0 Å². The minimum absolute atomic E-state index is 0.0145. The second kappa shape index (κ2) is 7.35. The maximum atomic E-state index is 13.1. The van der Waals surface area contributed by atoms with Crippen LogP contribution in [0.4, 0.5) is 10.3 Å². The summed E-state index contributed by atoms with van der Waals surface area (Å²) >= 11 is 0. The molecule has 0 radical (unpaired) electrons. The van der Waals surface area contributed by atoms with Gasteiger partial charge in [0.1, 0.15) is 12.4 Å². The van der Waals surface area contributed by atoms with E-state index in [1.807, 2.05) is 0 Å². The Balaban J connectivity index is 1.71. The summed E-state index contributed by atoms with van der Waals surface area (Å²) in [6, 6.07) is 6.08. The number of halogens is 1. The summed E-state index contributed by atoms with van der Waals surface area (Å²) in [7, 11) is 0. The number of rotatable bonds is 6. The van der Waals surface area contributed by atoms with E-state index in [4.69, 9.17) is 10.5 Å². The predicted molar refractivity (Wildman–Crippen MR) is 83.0 cm³/mol. The van der Waals surface area contributed by atoms with E-state index in [1.54, 1.807) is 17.0 Å². The third-order valence-corrected chi connectivity index (χ3v) is 3.93. The Labute approximate surface area is 138 Å². The summed E-state index contributed by atoms with van der Waals surface area (Å²) in [5.74, 6) is -0.395. The van der Waals surface area contributed by atoms with Crippen molar-refractivity contribution in [3.63, 3.8) is 0 Å². The van der Waals surface area contributed by atoms with Gasteiger partial charge in [0.2, 0.25) is 11.9 Å². The van der Waals surface area contributed by atoms with E-state index in [-0.39, 0.29) is 30.3 Å². The Kier molecular flexibility index (Phi) is 4.99. The van der Waals surface area contributed by atoms with Gasteiger partial charge >= 0.3 is 0 Å². The van der Waals surface area contributed by atoms with Gasteiger partial charge in [-0.15, -0.1) is 0 Å². The van der Waals surface area contributed by atoms with Crippen LogP contribution in [0.3, 0.4) is 0 Å². The number of nitrogens with zero attached hydrogens (tertiary/aromatic N) is 5. The van der Waals surface area contributed by atoms with Gasteiger partial charge in [0.15, 0.2) is 0 Å². The highest BCUT2D eigenvalue weighted by Crippen LogP contribution is 2.16. The van der Waals surface area contributed by atoms with Crippen molar-refractivity contribution in [3.8, 4) is 0 Å². The van der Waals surface area contributed by atoms with E-state index in [0.29, 0.717) is 19.7 Å². The summed E-state index contributed by atoms with van der Waals surface area (Å²) < 4.78 is 19.9. The molecule has 9 heteroatoms. The van der Waals surface area contributed by atoms with Crippen LogP contribution in [-0.4, -0.2) is 50.3 Å². The zero-order valence-electron chi connectivity index (χ0n) is 13.1. The molecule has 1 aromatic heterocycles. The molecule has 1 atom stereocenters. The van der Waals surface area contributed by atoms with Crippen molar-refractivity contribution in [2.75, 3.05) is 18.9 Å². The quantitative estimate of drug-likeness (QED) is 0.830. The van der Waals surface area contributed by atoms with E-state index in [1.165, 1.54) is 16.8 Å². The van der Waals surface area contributed by atoms with E-state index in [0.717, 1.165) is 18.4 Å². The molecule has 0 spiro atoms. The van der Waals surface area contributed by atoms with Crippen LogP contribution in [-0.2, 0) is 22.6 Å². The Hall–Kier alpha value is -2.55. The minimum Gasteiger partial charge on any atom is -0.376 e. The zero-order valence-corrected chi connectivity index (χ0v) is 13.1. The molecule has 2 heterocycles. The maximum Gasteiger partial charge on any atom is 0.244 e. The number of amides is 1. The molecule has 0 unspecified atom stereocenters. The van der Waals surface area contributed by atoms with Crippen LogP contribution in [0.2, 0.25) is 0 Å². The van der Waals surface area contributed by atoms with E-state index in [2.05, 4.69) is 15.5 Å². The first-order valence-electron chi connectivity index (χ1n) is 7.77. The lowest BCUT2D eigenvalue weighted by atomic mass is 10.1. The number of ether oxygens (including phenoxy) is 1. The number of benzene rings is 1. The molecule has 1 saturated heterocycles. The lowest BCUT2D eigenvalue weighted by Gasteiger charge is -2.25. The van der Waals surface area contributed by atoms with Gasteiger partial charge in [0.05, 0.1) is 6.10 Å². The average molecular weight is 334 g/mol. The van der Waals surface area contributed by atoms with E-state index < -0.39 is 0 Å². The highest BCUT2D eigenvalue weighted by molar-refractivity contribution is 5.76. The van der Waals surface area contributed by atoms with Crippen LogP contribution in [0.15, 0.2) is 24.3 Å². The first kappa shape index (κ1) is 16.3. The molecule has 3 rings (SSSR count). The number of hydrogen-bond acceptors (Lipinski definition) is 6. The molecule has 128 valence electrons. The number of carbonyl (C=O) groups is 1. The summed E-state index contributed by atoms with van der Waals surface area (Å²) in [4.78, 5) is 14.3. The molecule has 8 nitrogen and oxygen atoms in total. The van der Waals surface area contributed by atoms with Crippen molar-refractivity contribution < 1.29 is 13.9 Å². The number of carbonyl (C=O) groups excluding carboxylic acids is 1. The van der Waals surface area contributed by atoms with Crippen LogP contribution >= 0.6 is 0 Å². The van der Waals surface area contributed by atoms with E-state index in [9.17, 15) is 9.18 Å². The Morgan fingerprint density at radius 1 is 1.42 bits per heavy atom. The van der Waals surface area contributed by atoms with Crippen LogP contribution in [0.5, 0.6) is 0 Å². The number of nitrogens with two attached hydrogens (primary N) is 1. The lowest BCUT2D eigenvalue weighted by molar-refractivity contribution is -0.134. The molecule has 1 amide bonds. The van der Waals surface area contributed by atoms with Gasteiger partial charge < -0.3 is 15.4 Å². The molecule has 1 aliphatic rings. The summed E-state index contributed by atoms with van der Waals surface area (Å²) in [6.07, 6.45) is 1.92. The van der Waals surface area contributed by atoms with Crippen molar-refractivity contribution in [3.05, 3.63) is 35.6 Å². The van der Waals surface area contributed by atoms with Gasteiger partial charge in [-0.3, -0.25) is 4.79 Å². The molecule has 1 aliphatic heterocycles.